The van der Waals surface area contributed by atoms with Crippen LogP contribution in [0.15, 0.2) is 42.5 Å². The molecule has 0 radical (unpaired) electrons. The largest absolute Gasteiger partial charge is 0.367 e. The summed E-state index contributed by atoms with van der Waals surface area (Å²) >= 11 is 0. The van der Waals surface area contributed by atoms with Gasteiger partial charge in [0.1, 0.15) is 5.82 Å². The maximum absolute atomic E-state index is 12.4. The van der Waals surface area contributed by atoms with Gasteiger partial charge in [0.15, 0.2) is 11.9 Å². The van der Waals surface area contributed by atoms with Crippen LogP contribution in [0.25, 0.3) is 0 Å². The van der Waals surface area contributed by atoms with Crippen LogP contribution in [0.1, 0.15) is 18.1 Å². The topological polar surface area (TPSA) is 88.2 Å². The number of hydrogen-bond acceptors (Lipinski definition) is 6. The number of benzene rings is 1. The molecule has 7 nitrogen and oxygen atoms in total. The third-order valence-corrected chi connectivity index (χ3v) is 3.90. The SMILES string of the molecule is COC(C(=O)Nc1ccc(NC2CCNC2)nn1)c1ccccc1. The first-order valence-electron chi connectivity index (χ1n) is 7.96. The quantitative estimate of drug-likeness (QED) is 0.746. The summed E-state index contributed by atoms with van der Waals surface area (Å²) in [4.78, 5) is 12.4. The molecule has 2 atom stereocenters. The van der Waals surface area contributed by atoms with Gasteiger partial charge < -0.3 is 20.7 Å². The van der Waals surface area contributed by atoms with Crippen molar-refractivity contribution < 1.29 is 9.53 Å². The highest BCUT2D eigenvalue weighted by molar-refractivity contribution is 5.94. The van der Waals surface area contributed by atoms with E-state index in [1.54, 1.807) is 6.07 Å². The number of nitrogens with zero attached hydrogens (tertiary/aromatic N) is 2. The van der Waals surface area contributed by atoms with E-state index in [0.29, 0.717) is 17.7 Å². The van der Waals surface area contributed by atoms with Crippen LogP contribution in [0.4, 0.5) is 11.6 Å². The van der Waals surface area contributed by atoms with E-state index in [-0.39, 0.29) is 5.91 Å². The van der Waals surface area contributed by atoms with Gasteiger partial charge in [-0.1, -0.05) is 30.3 Å². The van der Waals surface area contributed by atoms with Gasteiger partial charge in [0.2, 0.25) is 0 Å². The van der Waals surface area contributed by atoms with Crippen molar-refractivity contribution in [3.63, 3.8) is 0 Å². The molecule has 0 spiro atoms. The van der Waals surface area contributed by atoms with Crippen LogP contribution in [0.3, 0.4) is 0 Å². The van der Waals surface area contributed by atoms with E-state index in [1.165, 1.54) is 7.11 Å². The number of methoxy groups -OCH3 is 1. The third-order valence-electron chi connectivity index (χ3n) is 3.90. The number of hydrogen-bond donors (Lipinski definition) is 3. The Morgan fingerprint density at radius 2 is 1.96 bits per heavy atom. The summed E-state index contributed by atoms with van der Waals surface area (Å²) in [5.41, 5.74) is 0.789. The Kier molecular flexibility index (Phi) is 5.35. The highest BCUT2D eigenvalue weighted by atomic mass is 16.5. The molecule has 1 amide bonds. The van der Waals surface area contributed by atoms with Gasteiger partial charge in [0, 0.05) is 19.7 Å². The smallest absolute Gasteiger partial charge is 0.259 e. The van der Waals surface area contributed by atoms with Crippen molar-refractivity contribution in [3.8, 4) is 0 Å². The molecule has 1 saturated heterocycles. The fraction of sp³-hybridized carbons (Fsp3) is 0.353. The summed E-state index contributed by atoms with van der Waals surface area (Å²) in [5.74, 6) is 0.819. The van der Waals surface area contributed by atoms with Crippen molar-refractivity contribution in [3.05, 3.63) is 48.0 Å². The Hall–Kier alpha value is -2.51. The monoisotopic (exact) mass is 327 g/mol. The van der Waals surface area contributed by atoms with Crippen LogP contribution < -0.4 is 16.0 Å². The second-order valence-electron chi connectivity index (χ2n) is 5.65. The Bertz CT molecular complexity index is 656. The second-order valence-corrected chi connectivity index (χ2v) is 5.65. The predicted octanol–water partition coefficient (Wildman–Crippen LogP) is 1.58. The lowest BCUT2D eigenvalue weighted by Gasteiger charge is -2.15. The minimum Gasteiger partial charge on any atom is -0.367 e. The van der Waals surface area contributed by atoms with Crippen LogP contribution in [-0.2, 0) is 9.53 Å². The predicted molar refractivity (Wildman–Crippen MR) is 91.8 cm³/mol. The van der Waals surface area contributed by atoms with Gasteiger partial charge in [0.25, 0.3) is 5.91 Å². The Labute approximate surface area is 140 Å². The molecule has 2 aromatic rings. The Balaban J connectivity index is 1.61. The molecule has 1 aromatic carbocycles. The molecular formula is C17H21N5O2. The Morgan fingerprint density at radius 1 is 1.21 bits per heavy atom. The number of carbonyl (C=O) groups excluding carboxylic acids is 1. The normalized spacial score (nSPS) is 18.1. The zero-order chi connectivity index (χ0) is 16.8. The molecule has 0 aliphatic carbocycles. The number of ether oxygens (including phenoxy) is 1. The molecule has 24 heavy (non-hydrogen) atoms. The molecule has 3 N–H and O–H groups in total. The van der Waals surface area contributed by atoms with Gasteiger partial charge in [-0.25, -0.2) is 0 Å². The van der Waals surface area contributed by atoms with E-state index in [9.17, 15) is 4.79 Å². The number of rotatable bonds is 6. The van der Waals surface area contributed by atoms with E-state index in [2.05, 4.69) is 26.1 Å². The molecule has 3 rings (SSSR count). The molecule has 126 valence electrons. The summed E-state index contributed by atoms with van der Waals surface area (Å²) in [6, 6.07) is 13.2. The number of nitrogens with one attached hydrogen (secondary N) is 3. The minimum atomic E-state index is -0.685. The molecule has 1 aliphatic rings. The lowest BCUT2D eigenvalue weighted by Crippen LogP contribution is -2.24. The van der Waals surface area contributed by atoms with E-state index in [1.807, 2.05) is 36.4 Å². The number of amides is 1. The Morgan fingerprint density at radius 3 is 2.58 bits per heavy atom. The van der Waals surface area contributed by atoms with Crippen LogP contribution in [0, 0.1) is 0 Å². The van der Waals surface area contributed by atoms with Crippen molar-refractivity contribution in [1.29, 1.82) is 0 Å². The maximum Gasteiger partial charge on any atom is 0.259 e. The average molecular weight is 327 g/mol. The molecule has 7 heteroatoms. The molecule has 0 saturated carbocycles. The minimum absolute atomic E-state index is 0.279. The zero-order valence-electron chi connectivity index (χ0n) is 13.5. The molecule has 1 aliphatic heterocycles. The van der Waals surface area contributed by atoms with Gasteiger partial charge in [-0.05, 0) is 30.7 Å². The van der Waals surface area contributed by atoms with E-state index < -0.39 is 6.10 Å². The lowest BCUT2D eigenvalue weighted by atomic mass is 10.1. The summed E-state index contributed by atoms with van der Waals surface area (Å²) < 4.78 is 5.30. The molecule has 2 heterocycles. The number of anilines is 2. The van der Waals surface area contributed by atoms with Gasteiger partial charge in [-0.3, -0.25) is 4.79 Å². The average Bonchev–Trinajstić information content (AvgIpc) is 3.11. The van der Waals surface area contributed by atoms with E-state index in [4.69, 9.17) is 4.74 Å². The van der Waals surface area contributed by atoms with Crippen molar-refractivity contribution in [2.24, 2.45) is 0 Å². The first-order valence-corrected chi connectivity index (χ1v) is 7.96. The standard InChI is InChI=1S/C17H21N5O2/c1-24-16(12-5-3-2-4-6-12)17(23)20-15-8-7-14(21-22-15)19-13-9-10-18-11-13/h2-8,13,16,18H,9-11H2,1H3,(H,19,21)(H,20,22,23). The summed E-state index contributed by atoms with van der Waals surface area (Å²) in [6.45, 7) is 1.93. The molecule has 0 bridgehead atoms. The summed E-state index contributed by atoms with van der Waals surface area (Å²) in [6.07, 6.45) is 0.377. The van der Waals surface area contributed by atoms with Gasteiger partial charge in [0.05, 0.1) is 0 Å². The molecule has 1 aromatic heterocycles. The highest BCUT2D eigenvalue weighted by Crippen LogP contribution is 2.18. The van der Waals surface area contributed by atoms with Gasteiger partial charge in [-0.2, -0.15) is 0 Å². The summed E-state index contributed by atoms with van der Waals surface area (Å²) in [5, 5.41) is 17.5. The van der Waals surface area contributed by atoms with Gasteiger partial charge in [-0.15, -0.1) is 10.2 Å². The van der Waals surface area contributed by atoms with Crippen LogP contribution >= 0.6 is 0 Å². The van der Waals surface area contributed by atoms with Crippen LogP contribution in [-0.4, -0.2) is 42.3 Å². The van der Waals surface area contributed by atoms with Gasteiger partial charge >= 0.3 is 0 Å². The maximum atomic E-state index is 12.4. The second kappa shape index (κ2) is 7.85. The van der Waals surface area contributed by atoms with Crippen molar-refractivity contribution >= 4 is 17.5 Å². The first-order chi connectivity index (χ1) is 11.8. The fourth-order valence-corrected chi connectivity index (χ4v) is 2.68. The lowest BCUT2D eigenvalue weighted by molar-refractivity contribution is -0.126. The summed E-state index contributed by atoms with van der Waals surface area (Å²) in [7, 11) is 1.51. The zero-order valence-corrected chi connectivity index (χ0v) is 13.5. The molecular weight excluding hydrogens is 306 g/mol. The van der Waals surface area contributed by atoms with Crippen LogP contribution in [0.5, 0.6) is 0 Å². The number of aromatic nitrogens is 2. The third kappa shape index (κ3) is 4.06. The van der Waals surface area contributed by atoms with Crippen LogP contribution in [0.2, 0.25) is 0 Å². The first kappa shape index (κ1) is 16.4. The fourth-order valence-electron chi connectivity index (χ4n) is 2.68. The molecule has 1 fully saturated rings. The highest BCUT2D eigenvalue weighted by Gasteiger charge is 2.20. The number of carbonyl (C=O) groups is 1. The van der Waals surface area contributed by atoms with Crippen molar-refractivity contribution in [2.45, 2.75) is 18.6 Å². The van der Waals surface area contributed by atoms with Crippen molar-refractivity contribution in [1.82, 2.24) is 15.5 Å². The van der Waals surface area contributed by atoms with Crippen molar-refractivity contribution in [2.75, 3.05) is 30.8 Å². The van der Waals surface area contributed by atoms with E-state index in [0.717, 1.165) is 25.1 Å². The molecule has 2 unspecified atom stereocenters. The van der Waals surface area contributed by atoms with E-state index >= 15 is 0 Å².